The van der Waals surface area contributed by atoms with Gasteiger partial charge in [0, 0.05) is 13.1 Å². The normalized spacial score (nSPS) is 11.6. The van der Waals surface area contributed by atoms with Crippen LogP contribution in [-0.4, -0.2) is 24.5 Å². The number of primary amides is 1. The van der Waals surface area contributed by atoms with Crippen molar-refractivity contribution < 1.29 is 9.59 Å². The molecule has 3 amide bonds. The van der Waals surface area contributed by atoms with Gasteiger partial charge in [0.1, 0.15) is 6.04 Å². The van der Waals surface area contributed by atoms with Gasteiger partial charge < -0.3 is 22.1 Å². The van der Waals surface area contributed by atoms with Crippen molar-refractivity contribution in [3.8, 4) is 0 Å². The van der Waals surface area contributed by atoms with Crippen LogP contribution in [0, 0.1) is 0 Å². The Morgan fingerprint density at radius 1 is 1.18 bits per heavy atom. The van der Waals surface area contributed by atoms with Gasteiger partial charge in [0.15, 0.2) is 0 Å². The molecule has 0 spiro atoms. The van der Waals surface area contributed by atoms with Gasteiger partial charge in [-0.1, -0.05) is 30.3 Å². The van der Waals surface area contributed by atoms with Crippen LogP contribution in [0.1, 0.15) is 5.56 Å². The molecule has 1 rings (SSSR count). The number of amides is 3. The molecule has 0 aliphatic heterocycles. The molecule has 0 aromatic heterocycles. The summed E-state index contributed by atoms with van der Waals surface area (Å²) in [7, 11) is 0. The summed E-state index contributed by atoms with van der Waals surface area (Å²) in [5.41, 5.74) is 11.3. The molecule has 6 nitrogen and oxygen atoms in total. The lowest BCUT2D eigenvalue weighted by atomic mass is 10.2. The number of benzene rings is 1. The van der Waals surface area contributed by atoms with E-state index >= 15 is 0 Å². The van der Waals surface area contributed by atoms with Gasteiger partial charge >= 0.3 is 6.03 Å². The SMILES string of the molecule is NC(=O)C(N)CNC(=O)NCc1ccccc1. The van der Waals surface area contributed by atoms with Crippen LogP contribution in [0.4, 0.5) is 4.79 Å². The van der Waals surface area contributed by atoms with Crippen LogP contribution < -0.4 is 22.1 Å². The lowest BCUT2D eigenvalue weighted by Crippen LogP contribution is -2.48. The maximum Gasteiger partial charge on any atom is 0.315 e. The summed E-state index contributed by atoms with van der Waals surface area (Å²) in [6.07, 6.45) is 0. The Bertz CT molecular complexity index is 380. The van der Waals surface area contributed by atoms with Gasteiger partial charge in [-0.25, -0.2) is 4.79 Å². The van der Waals surface area contributed by atoms with Crippen molar-refractivity contribution in [3.63, 3.8) is 0 Å². The van der Waals surface area contributed by atoms with Crippen molar-refractivity contribution in [1.29, 1.82) is 0 Å². The number of carbonyl (C=O) groups is 2. The Morgan fingerprint density at radius 2 is 1.82 bits per heavy atom. The minimum Gasteiger partial charge on any atom is -0.368 e. The van der Waals surface area contributed by atoms with Crippen molar-refractivity contribution in [2.24, 2.45) is 11.5 Å². The number of nitrogens with one attached hydrogen (secondary N) is 2. The first-order valence-electron chi connectivity index (χ1n) is 5.20. The highest BCUT2D eigenvalue weighted by atomic mass is 16.2. The molecule has 0 bridgehead atoms. The van der Waals surface area contributed by atoms with Gasteiger partial charge in [-0.3, -0.25) is 4.79 Å². The smallest absolute Gasteiger partial charge is 0.315 e. The van der Waals surface area contributed by atoms with E-state index < -0.39 is 11.9 Å². The Labute approximate surface area is 99.4 Å². The zero-order valence-electron chi connectivity index (χ0n) is 9.35. The van der Waals surface area contributed by atoms with Crippen LogP contribution in [0.15, 0.2) is 30.3 Å². The molecule has 0 aliphatic rings. The summed E-state index contributed by atoms with van der Waals surface area (Å²) < 4.78 is 0. The van der Waals surface area contributed by atoms with Crippen molar-refractivity contribution in [2.75, 3.05) is 6.54 Å². The largest absolute Gasteiger partial charge is 0.368 e. The molecular weight excluding hydrogens is 220 g/mol. The molecule has 17 heavy (non-hydrogen) atoms. The average Bonchev–Trinajstić information content (AvgIpc) is 2.34. The van der Waals surface area contributed by atoms with E-state index in [-0.39, 0.29) is 12.6 Å². The number of hydrogen-bond donors (Lipinski definition) is 4. The van der Waals surface area contributed by atoms with Gasteiger partial charge in [-0.2, -0.15) is 0 Å². The first-order chi connectivity index (χ1) is 8.09. The van der Waals surface area contributed by atoms with E-state index in [0.717, 1.165) is 5.56 Å². The van der Waals surface area contributed by atoms with E-state index in [1.807, 2.05) is 30.3 Å². The van der Waals surface area contributed by atoms with Crippen molar-refractivity contribution in [1.82, 2.24) is 10.6 Å². The summed E-state index contributed by atoms with van der Waals surface area (Å²) in [6.45, 7) is 0.439. The standard InChI is InChI=1S/C11H16N4O2/c12-9(10(13)16)7-15-11(17)14-6-8-4-2-1-3-5-8/h1-5,9H,6-7,12H2,(H2,13,16)(H2,14,15,17). The zero-order chi connectivity index (χ0) is 12.7. The maximum absolute atomic E-state index is 11.3. The Balaban J connectivity index is 2.24. The van der Waals surface area contributed by atoms with Crippen LogP contribution in [-0.2, 0) is 11.3 Å². The second-order valence-electron chi connectivity index (χ2n) is 3.56. The number of carbonyl (C=O) groups excluding carboxylic acids is 2. The van der Waals surface area contributed by atoms with Gasteiger partial charge in [-0.05, 0) is 5.56 Å². The molecule has 0 saturated carbocycles. The number of urea groups is 1. The monoisotopic (exact) mass is 236 g/mol. The molecule has 0 saturated heterocycles. The van der Waals surface area contributed by atoms with Crippen LogP contribution in [0.2, 0.25) is 0 Å². The fourth-order valence-corrected chi connectivity index (χ4v) is 1.14. The molecule has 0 aliphatic carbocycles. The molecule has 1 atom stereocenters. The fraction of sp³-hybridized carbons (Fsp3) is 0.273. The highest BCUT2D eigenvalue weighted by Crippen LogP contribution is 1.96. The van der Waals surface area contributed by atoms with E-state index in [2.05, 4.69) is 10.6 Å². The van der Waals surface area contributed by atoms with Crippen LogP contribution >= 0.6 is 0 Å². The molecule has 0 heterocycles. The fourth-order valence-electron chi connectivity index (χ4n) is 1.14. The second-order valence-corrected chi connectivity index (χ2v) is 3.56. The quantitative estimate of drug-likeness (QED) is 0.542. The molecule has 0 radical (unpaired) electrons. The molecular formula is C11H16N4O2. The first kappa shape index (κ1) is 13.0. The Morgan fingerprint density at radius 3 is 2.41 bits per heavy atom. The summed E-state index contributed by atoms with van der Waals surface area (Å²) in [5.74, 6) is -0.645. The molecule has 6 N–H and O–H groups in total. The second kappa shape index (κ2) is 6.49. The van der Waals surface area contributed by atoms with E-state index in [1.165, 1.54) is 0 Å². The zero-order valence-corrected chi connectivity index (χ0v) is 9.35. The Hall–Kier alpha value is -2.08. The van der Waals surface area contributed by atoms with E-state index in [4.69, 9.17) is 11.5 Å². The third kappa shape index (κ3) is 4.98. The first-order valence-corrected chi connectivity index (χ1v) is 5.20. The minimum absolute atomic E-state index is 0.0238. The lowest BCUT2D eigenvalue weighted by Gasteiger charge is -2.10. The van der Waals surface area contributed by atoms with E-state index in [9.17, 15) is 9.59 Å². The van der Waals surface area contributed by atoms with Gasteiger partial charge in [0.05, 0.1) is 0 Å². The van der Waals surface area contributed by atoms with Gasteiger partial charge in [0.25, 0.3) is 0 Å². The molecule has 6 heteroatoms. The van der Waals surface area contributed by atoms with Crippen molar-refractivity contribution in [3.05, 3.63) is 35.9 Å². The van der Waals surface area contributed by atoms with Crippen LogP contribution in [0.5, 0.6) is 0 Å². The highest BCUT2D eigenvalue weighted by Gasteiger charge is 2.10. The van der Waals surface area contributed by atoms with Gasteiger partial charge in [0.2, 0.25) is 5.91 Å². The summed E-state index contributed by atoms with van der Waals surface area (Å²) in [4.78, 5) is 21.9. The predicted octanol–water partition coefficient (Wildman–Crippen LogP) is -0.702. The predicted molar refractivity (Wildman–Crippen MR) is 63.9 cm³/mol. The minimum atomic E-state index is -0.863. The highest BCUT2D eigenvalue weighted by molar-refractivity contribution is 5.81. The lowest BCUT2D eigenvalue weighted by molar-refractivity contribution is -0.119. The molecule has 1 aromatic rings. The van der Waals surface area contributed by atoms with E-state index in [0.29, 0.717) is 6.54 Å². The maximum atomic E-state index is 11.3. The summed E-state index contributed by atoms with van der Waals surface area (Å²) >= 11 is 0. The van der Waals surface area contributed by atoms with E-state index in [1.54, 1.807) is 0 Å². The summed E-state index contributed by atoms with van der Waals surface area (Å²) in [5, 5.41) is 5.09. The third-order valence-electron chi connectivity index (χ3n) is 2.14. The molecule has 1 aromatic carbocycles. The van der Waals surface area contributed by atoms with Gasteiger partial charge in [-0.15, -0.1) is 0 Å². The van der Waals surface area contributed by atoms with Crippen LogP contribution in [0.25, 0.3) is 0 Å². The molecule has 0 fully saturated rings. The third-order valence-corrected chi connectivity index (χ3v) is 2.14. The number of hydrogen-bond acceptors (Lipinski definition) is 3. The molecule has 92 valence electrons. The summed E-state index contributed by atoms with van der Waals surface area (Å²) in [6, 6.07) is 8.22. The Kier molecular flexibility index (Phi) is 4.96. The molecule has 1 unspecified atom stereocenters. The van der Waals surface area contributed by atoms with Crippen molar-refractivity contribution in [2.45, 2.75) is 12.6 Å². The number of rotatable bonds is 5. The average molecular weight is 236 g/mol. The number of nitrogens with two attached hydrogens (primary N) is 2. The van der Waals surface area contributed by atoms with Crippen LogP contribution in [0.3, 0.4) is 0 Å². The van der Waals surface area contributed by atoms with Crippen molar-refractivity contribution >= 4 is 11.9 Å². The topological polar surface area (TPSA) is 110 Å².